The van der Waals surface area contributed by atoms with Gasteiger partial charge in [0.25, 0.3) is 0 Å². The van der Waals surface area contributed by atoms with E-state index in [-0.39, 0.29) is 25.1 Å². The molecule has 0 amide bonds. The van der Waals surface area contributed by atoms with Gasteiger partial charge in [-0.05, 0) is 47.9 Å². The maximum atomic E-state index is 9.16. The van der Waals surface area contributed by atoms with Crippen molar-refractivity contribution in [3.05, 3.63) is 90.0 Å². The molecule has 3 N–H and O–H groups in total. The molecule has 0 bridgehead atoms. The summed E-state index contributed by atoms with van der Waals surface area (Å²) in [6, 6.07) is 25.0. The first-order valence-corrected chi connectivity index (χ1v) is 8.63. The molecule has 3 aromatic carbocycles. The summed E-state index contributed by atoms with van der Waals surface area (Å²) in [5.74, 6) is 2.26. The first-order chi connectivity index (χ1) is 12.7. The molecule has 0 heterocycles. The Hall–Kier alpha value is -2.53. The van der Waals surface area contributed by atoms with Gasteiger partial charge in [0.05, 0.1) is 6.61 Å². The molecule has 0 aromatic heterocycles. The van der Waals surface area contributed by atoms with Gasteiger partial charge < -0.3 is 20.3 Å². The smallest absolute Gasteiger partial charge is 0.130 e. The summed E-state index contributed by atoms with van der Waals surface area (Å²) in [6.07, 6.45) is 0.560. The molecule has 3 rings (SSSR count). The molecular formula is C22H24ClNO3. The van der Waals surface area contributed by atoms with Crippen molar-refractivity contribution in [2.75, 3.05) is 6.61 Å². The zero-order valence-electron chi connectivity index (χ0n) is 15.0. The molecule has 0 aliphatic heterocycles. The predicted molar refractivity (Wildman–Crippen MR) is 110 cm³/mol. The Morgan fingerprint density at radius 1 is 0.815 bits per heavy atom. The van der Waals surface area contributed by atoms with Gasteiger partial charge in [0.15, 0.2) is 0 Å². The van der Waals surface area contributed by atoms with E-state index < -0.39 is 0 Å². The van der Waals surface area contributed by atoms with E-state index in [1.807, 2.05) is 78.9 Å². The molecule has 0 saturated carbocycles. The third-order valence-electron chi connectivity index (χ3n) is 3.99. The highest BCUT2D eigenvalue weighted by Crippen LogP contribution is 2.27. The van der Waals surface area contributed by atoms with Crippen molar-refractivity contribution >= 4 is 12.4 Å². The van der Waals surface area contributed by atoms with Crippen molar-refractivity contribution in [2.24, 2.45) is 5.73 Å². The van der Waals surface area contributed by atoms with Crippen LogP contribution in [-0.2, 0) is 13.0 Å². The summed E-state index contributed by atoms with van der Waals surface area (Å²) < 4.78 is 11.8. The number of halogens is 1. The first-order valence-electron chi connectivity index (χ1n) is 8.63. The van der Waals surface area contributed by atoms with Crippen molar-refractivity contribution in [1.82, 2.24) is 0 Å². The van der Waals surface area contributed by atoms with Gasteiger partial charge in [-0.1, -0.05) is 48.5 Å². The fourth-order valence-corrected chi connectivity index (χ4v) is 2.59. The highest BCUT2D eigenvalue weighted by molar-refractivity contribution is 5.85. The van der Waals surface area contributed by atoms with Gasteiger partial charge in [-0.25, -0.2) is 0 Å². The monoisotopic (exact) mass is 385 g/mol. The summed E-state index contributed by atoms with van der Waals surface area (Å²) in [6.45, 7) is 0.477. The van der Waals surface area contributed by atoms with Crippen molar-refractivity contribution in [1.29, 1.82) is 0 Å². The standard InChI is InChI=1S/C22H23NO3.ClH/c23-19(15-24)14-18-8-4-5-9-22(18)26-21-12-10-20(11-13-21)25-16-17-6-2-1-3-7-17;/h1-13,19,24H,14-16,23H2;1H. The van der Waals surface area contributed by atoms with Gasteiger partial charge in [0, 0.05) is 6.04 Å². The van der Waals surface area contributed by atoms with Crippen LogP contribution in [0.15, 0.2) is 78.9 Å². The number of benzene rings is 3. The number of ether oxygens (including phenoxy) is 2. The molecule has 1 unspecified atom stereocenters. The van der Waals surface area contributed by atoms with Crippen LogP contribution in [0.1, 0.15) is 11.1 Å². The molecule has 3 aromatic rings. The average molecular weight is 386 g/mol. The van der Waals surface area contributed by atoms with Crippen LogP contribution in [0.2, 0.25) is 0 Å². The Bertz CT molecular complexity index is 809. The number of aliphatic hydroxyl groups is 1. The zero-order chi connectivity index (χ0) is 18.2. The summed E-state index contributed by atoms with van der Waals surface area (Å²) in [7, 11) is 0. The minimum Gasteiger partial charge on any atom is -0.489 e. The molecule has 0 radical (unpaired) electrons. The number of hydrogen-bond donors (Lipinski definition) is 2. The Labute approximate surface area is 166 Å². The van der Waals surface area contributed by atoms with Gasteiger partial charge in [-0.2, -0.15) is 0 Å². The molecule has 0 saturated heterocycles. The van der Waals surface area contributed by atoms with Gasteiger partial charge in [0.1, 0.15) is 23.9 Å². The van der Waals surface area contributed by atoms with Gasteiger partial charge in [0.2, 0.25) is 0 Å². The van der Waals surface area contributed by atoms with Crippen molar-refractivity contribution < 1.29 is 14.6 Å². The normalized spacial score (nSPS) is 11.3. The number of rotatable bonds is 8. The average Bonchev–Trinajstić information content (AvgIpc) is 2.69. The van der Waals surface area contributed by atoms with E-state index in [9.17, 15) is 0 Å². The Balaban J connectivity index is 0.00000261. The van der Waals surface area contributed by atoms with Crippen LogP contribution in [-0.4, -0.2) is 17.8 Å². The molecule has 0 aliphatic carbocycles. The van der Waals surface area contributed by atoms with E-state index in [1.165, 1.54) is 0 Å². The molecule has 0 spiro atoms. The lowest BCUT2D eigenvalue weighted by atomic mass is 10.1. The van der Waals surface area contributed by atoms with Crippen molar-refractivity contribution in [2.45, 2.75) is 19.1 Å². The molecule has 27 heavy (non-hydrogen) atoms. The Morgan fingerprint density at radius 2 is 1.44 bits per heavy atom. The molecule has 4 nitrogen and oxygen atoms in total. The lowest BCUT2D eigenvalue weighted by molar-refractivity contribution is 0.264. The number of para-hydroxylation sites is 1. The minimum absolute atomic E-state index is 0. The fourth-order valence-electron chi connectivity index (χ4n) is 2.59. The molecular weight excluding hydrogens is 362 g/mol. The van der Waals surface area contributed by atoms with Crippen LogP contribution in [0.25, 0.3) is 0 Å². The van der Waals surface area contributed by atoms with E-state index in [0.29, 0.717) is 13.0 Å². The van der Waals surface area contributed by atoms with Crippen LogP contribution >= 0.6 is 12.4 Å². The molecule has 0 aliphatic rings. The van der Waals surface area contributed by atoms with E-state index in [2.05, 4.69) is 0 Å². The summed E-state index contributed by atoms with van der Waals surface area (Å²) in [5.41, 5.74) is 7.94. The van der Waals surface area contributed by atoms with Crippen molar-refractivity contribution in [3.63, 3.8) is 0 Å². The van der Waals surface area contributed by atoms with E-state index in [1.54, 1.807) is 0 Å². The second-order valence-electron chi connectivity index (χ2n) is 6.10. The van der Waals surface area contributed by atoms with Crippen LogP contribution in [0, 0.1) is 0 Å². The highest BCUT2D eigenvalue weighted by atomic mass is 35.5. The molecule has 0 fully saturated rings. The quantitative estimate of drug-likeness (QED) is 0.605. The highest BCUT2D eigenvalue weighted by Gasteiger charge is 2.09. The maximum Gasteiger partial charge on any atom is 0.130 e. The van der Waals surface area contributed by atoms with Crippen LogP contribution < -0.4 is 15.2 Å². The fraction of sp³-hybridized carbons (Fsp3) is 0.182. The number of nitrogens with two attached hydrogens (primary N) is 1. The minimum atomic E-state index is -0.298. The van der Waals surface area contributed by atoms with E-state index in [0.717, 1.165) is 28.4 Å². The number of aliphatic hydroxyl groups excluding tert-OH is 1. The molecule has 1 atom stereocenters. The third kappa shape index (κ3) is 6.29. The zero-order valence-corrected chi connectivity index (χ0v) is 15.8. The Kier molecular flexibility index (Phi) is 8.14. The van der Waals surface area contributed by atoms with Crippen LogP contribution in [0.3, 0.4) is 0 Å². The number of hydrogen-bond acceptors (Lipinski definition) is 4. The van der Waals surface area contributed by atoms with E-state index >= 15 is 0 Å². The lowest BCUT2D eigenvalue weighted by Gasteiger charge is -2.14. The molecule has 142 valence electrons. The second-order valence-corrected chi connectivity index (χ2v) is 6.10. The maximum absolute atomic E-state index is 9.16. The van der Waals surface area contributed by atoms with Crippen molar-refractivity contribution in [3.8, 4) is 17.2 Å². The topological polar surface area (TPSA) is 64.7 Å². The molecule has 5 heteroatoms. The summed E-state index contributed by atoms with van der Waals surface area (Å²) >= 11 is 0. The largest absolute Gasteiger partial charge is 0.489 e. The summed E-state index contributed by atoms with van der Waals surface area (Å²) in [5, 5.41) is 9.16. The lowest BCUT2D eigenvalue weighted by Crippen LogP contribution is -2.26. The Morgan fingerprint density at radius 3 is 2.15 bits per heavy atom. The predicted octanol–water partition coefficient (Wildman–Crippen LogP) is 4.34. The second kappa shape index (κ2) is 10.6. The van der Waals surface area contributed by atoms with Gasteiger partial charge in [-0.3, -0.25) is 0 Å². The third-order valence-corrected chi connectivity index (χ3v) is 3.99. The van der Waals surface area contributed by atoms with E-state index in [4.69, 9.17) is 20.3 Å². The van der Waals surface area contributed by atoms with Crippen LogP contribution in [0.5, 0.6) is 17.2 Å². The van der Waals surface area contributed by atoms with Gasteiger partial charge in [-0.15, -0.1) is 12.4 Å². The van der Waals surface area contributed by atoms with Gasteiger partial charge >= 0.3 is 0 Å². The first kappa shape index (κ1) is 20.8. The SMILES string of the molecule is Cl.NC(CO)Cc1ccccc1Oc1ccc(OCc2ccccc2)cc1. The van der Waals surface area contributed by atoms with Crippen LogP contribution in [0.4, 0.5) is 0 Å². The summed E-state index contributed by atoms with van der Waals surface area (Å²) in [4.78, 5) is 0.